The van der Waals surface area contributed by atoms with Gasteiger partial charge in [0.15, 0.2) is 0 Å². The van der Waals surface area contributed by atoms with E-state index in [0.717, 1.165) is 23.7 Å². The highest BCUT2D eigenvalue weighted by Gasteiger charge is 2.24. The number of likely N-dealkylation sites (tertiary alicyclic amines) is 1. The SMILES string of the molecule is CNc1cc(OC[C@@H]2CCN2C)cnc1C. The third kappa shape index (κ3) is 2.27. The van der Waals surface area contributed by atoms with E-state index in [0.29, 0.717) is 6.04 Å². The Bertz CT molecular complexity index is 367. The van der Waals surface area contributed by atoms with E-state index in [-0.39, 0.29) is 0 Å². The topological polar surface area (TPSA) is 37.4 Å². The van der Waals surface area contributed by atoms with E-state index in [9.17, 15) is 0 Å². The summed E-state index contributed by atoms with van der Waals surface area (Å²) >= 11 is 0. The normalized spacial score (nSPS) is 20.3. The molecule has 1 N–H and O–H groups in total. The van der Waals surface area contributed by atoms with Crippen LogP contribution < -0.4 is 10.1 Å². The molecule has 4 nitrogen and oxygen atoms in total. The first-order chi connectivity index (χ1) is 7.70. The van der Waals surface area contributed by atoms with Gasteiger partial charge in [-0.25, -0.2) is 0 Å². The fraction of sp³-hybridized carbons (Fsp3) is 0.583. The number of nitrogens with one attached hydrogen (secondary N) is 1. The van der Waals surface area contributed by atoms with Crippen LogP contribution in [0.1, 0.15) is 12.1 Å². The van der Waals surface area contributed by atoms with Gasteiger partial charge >= 0.3 is 0 Å². The van der Waals surface area contributed by atoms with Gasteiger partial charge in [0, 0.05) is 19.2 Å². The van der Waals surface area contributed by atoms with E-state index in [1.165, 1.54) is 13.0 Å². The molecule has 0 unspecified atom stereocenters. The Morgan fingerprint density at radius 2 is 2.44 bits per heavy atom. The first-order valence-electron chi connectivity index (χ1n) is 5.68. The summed E-state index contributed by atoms with van der Waals surface area (Å²) in [4.78, 5) is 6.60. The third-order valence-electron chi connectivity index (χ3n) is 3.21. The average Bonchev–Trinajstić information content (AvgIpc) is 2.29. The van der Waals surface area contributed by atoms with Crippen LogP contribution in [0.2, 0.25) is 0 Å². The Kier molecular flexibility index (Phi) is 3.29. The van der Waals surface area contributed by atoms with Crippen molar-refractivity contribution in [3.8, 4) is 5.75 Å². The highest BCUT2D eigenvalue weighted by molar-refractivity contribution is 5.50. The van der Waals surface area contributed by atoms with E-state index < -0.39 is 0 Å². The quantitative estimate of drug-likeness (QED) is 0.836. The molecule has 0 saturated carbocycles. The molecule has 2 rings (SSSR count). The van der Waals surface area contributed by atoms with Gasteiger partial charge in [-0.05, 0) is 26.9 Å². The van der Waals surface area contributed by atoms with Gasteiger partial charge < -0.3 is 10.1 Å². The molecule has 0 radical (unpaired) electrons. The van der Waals surface area contributed by atoms with Crippen LogP contribution in [0.5, 0.6) is 5.75 Å². The summed E-state index contributed by atoms with van der Waals surface area (Å²) in [5, 5.41) is 3.11. The molecule has 1 saturated heterocycles. The highest BCUT2D eigenvalue weighted by atomic mass is 16.5. The lowest BCUT2D eigenvalue weighted by Crippen LogP contribution is -2.48. The van der Waals surface area contributed by atoms with Crippen LogP contribution in [-0.4, -0.2) is 43.2 Å². The number of aromatic nitrogens is 1. The van der Waals surface area contributed by atoms with E-state index in [2.05, 4.69) is 22.2 Å². The smallest absolute Gasteiger partial charge is 0.139 e. The van der Waals surface area contributed by atoms with Gasteiger partial charge in [-0.3, -0.25) is 9.88 Å². The van der Waals surface area contributed by atoms with E-state index in [4.69, 9.17) is 4.74 Å². The molecule has 1 fully saturated rings. The van der Waals surface area contributed by atoms with Crippen molar-refractivity contribution in [2.75, 3.05) is 32.6 Å². The summed E-state index contributed by atoms with van der Waals surface area (Å²) < 4.78 is 5.73. The monoisotopic (exact) mass is 221 g/mol. The summed E-state index contributed by atoms with van der Waals surface area (Å²) in [5.41, 5.74) is 2.02. The Labute approximate surface area is 96.6 Å². The minimum atomic E-state index is 0.569. The highest BCUT2D eigenvalue weighted by Crippen LogP contribution is 2.21. The number of pyridine rings is 1. The minimum Gasteiger partial charge on any atom is -0.490 e. The van der Waals surface area contributed by atoms with Crippen molar-refractivity contribution in [2.45, 2.75) is 19.4 Å². The number of rotatable bonds is 4. The zero-order chi connectivity index (χ0) is 11.5. The van der Waals surface area contributed by atoms with Crippen molar-refractivity contribution in [1.29, 1.82) is 0 Å². The maximum Gasteiger partial charge on any atom is 0.139 e. The van der Waals surface area contributed by atoms with Crippen LogP contribution in [0.4, 0.5) is 5.69 Å². The second-order valence-corrected chi connectivity index (χ2v) is 4.29. The average molecular weight is 221 g/mol. The Morgan fingerprint density at radius 1 is 1.62 bits per heavy atom. The molecule has 4 heteroatoms. The van der Waals surface area contributed by atoms with Gasteiger partial charge in [-0.15, -0.1) is 0 Å². The summed E-state index contributed by atoms with van der Waals surface area (Å²) in [6.45, 7) is 3.92. The molecule has 1 aromatic heterocycles. The van der Waals surface area contributed by atoms with Crippen molar-refractivity contribution >= 4 is 5.69 Å². The summed E-state index contributed by atoms with van der Waals surface area (Å²) in [6.07, 6.45) is 3.02. The first kappa shape index (κ1) is 11.2. The molecule has 88 valence electrons. The molecule has 1 atom stereocenters. The molecular weight excluding hydrogens is 202 g/mol. The fourth-order valence-electron chi connectivity index (χ4n) is 1.82. The molecule has 0 amide bonds. The molecule has 0 spiro atoms. The van der Waals surface area contributed by atoms with Crippen LogP contribution in [-0.2, 0) is 0 Å². The summed E-state index contributed by atoms with van der Waals surface area (Å²) in [5.74, 6) is 0.843. The minimum absolute atomic E-state index is 0.569. The van der Waals surface area contributed by atoms with Gasteiger partial charge in [0.2, 0.25) is 0 Å². The zero-order valence-corrected chi connectivity index (χ0v) is 10.2. The number of ether oxygens (including phenoxy) is 1. The number of hydrogen-bond donors (Lipinski definition) is 1. The lowest BCUT2D eigenvalue weighted by Gasteiger charge is -2.37. The van der Waals surface area contributed by atoms with Crippen LogP contribution in [0, 0.1) is 6.92 Å². The van der Waals surface area contributed by atoms with E-state index in [1.54, 1.807) is 6.20 Å². The van der Waals surface area contributed by atoms with Crippen molar-refractivity contribution in [3.05, 3.63) is 18.0 Å². The maximum atomic E-state index is 5.73. The number of aryl methyl sites for hydroxylation is 1. The van der Waals surface area contributed by atoms with Gasteiger partial charge in [0.25, 0.3) is 0 Å². The van der Waals surface area contributed by atoms with Crippen molar-refractivity contribution in [1.82, 2.24) is 9.88 Å². The van der Waals surface area contributed by atoms with Gasteiger partial charge in [0.1, 0.15) is 12.4 Å². The third-order valence-corrected chi connectivity index (χ3v) is 3.21. The summed E-state index contributed by atoms with van der Waals surface area (Å²) in [7, 11) is 4.03. The van der Waals surface area contributed by atoms with Crippen LogP contribution >= 0.6 is 0 Å². The van der Waals surface area contributed by atoms with Crippen LogP contribution in [0.15, 0.2) is 12.3 Å². The Morgan fingerprint density at radius 3 is 3.00 bits per heavy atom. The van der Waals surface area contributed by atoms with E-state index in [1.807, 2.05) is 20.0 Å². The van der Waals surface area contributed by atoms with Crippen molar-refractivity contribution in [3.63, 3.8) is 0 Å². The lowest BCUT2D eigenvalue weighted by atomic mass is 10.1. The molecule has 2 heterocycles. The second-order valence-electron chi connectivity index (χ2n) is 4.29. The number of anilines is 1. The van der Waals surface area contributed by atoms with E-state index >= 15 is 0 Å². The molecule has 0 aromatic carbocycles. The molecule has 16 heavy (non-hydrogen) atoms. The molecule has 0 bridgehead atoms. The largest absolute Gasteiger partial charge is 0.490 e. The van der Waals surface area contributed by atoms with Crippen LogP contribution in [0.25, 0.3) is 0 Å². The van der Waals surface area contributed by atoms with Gasteiger partial charge in [0.05, 0.1) is 17.6 Å². The number of nitrogens with zero attached hydrogens (tertiary/aromatic N) is 2. The van der Waals surface area contributed by atoms with Crippen molar-refractivity contribution < 1.29 is 4.74 Å². The first-order valence-corrected chi connectivity index (χ1v) is 5.68. The zero-order valence-electron chi connectivity index (χ0n) is 10.2. The molecule has 1 aliphatic heterocycles. The predicted molar refractivity (Wildman–Crippen MR) is 65.1 cm³/mol. The standard InChI is InChI=1S/C12H19N3O/c1-9-12(13-2)6-11(7-14-9)16-8-10-4-5-15(10)3/h6-7,10,13H,4-5,8H2,1-3H3/t10-/m0/s1. The van der Waals surface area contributed by atoms with Crippen LogP contribution in [0.3, 0.4) is 0 Å². The molecule has 0 aliphatic carbocycles. The van der Waals surface area contributed by atoms with Gasteiger partial charge in [-0.1, -0.05) is 0 Å². The predicted octanol–water partition coefficient (Wildman–Crippen LogP) is 1.51. The number of likely N-dealkylation sites (N-methyl/N-ethyl adjacent to an activating group) is 1. The lowest BCUT2D eigenvalue weighted by molar-refractivity contribution is 0.0767. The molecule has 1 aliphatic rings. The molecule has 1 aromatic rings. The summed E-state index contributed by atoms with van der Waals surface area (Å²) in [6, 6.07) is 2.57. The van der Waals surface area contributed by atoms with Gasteiger partial charge in [-0.2, -0.15) is 0 Å². The second kappa shape index (κ2) is 4.70. The Balaban J connectivity index is 1.93. The van der Waals surface area contributed by atoms with Crippen molar-refractivity contribution in [2.24, 2.45) is 0 Å². The molecular formula is C12H19N3O. The fourth-order valence-corrected chi connectivity index (χ4v) is 1.82. The maximum absolute atomic E-state index is 5.73. The Hall–Kier alpha value is -1.29. The number of hydrogen-bond acceptors (Lipinski definition) is 4.